The zero-order valence-corrected chi connectivity index (χ0v) is 17.8. The number of nitrogens with zero attached hydrogens (tertiary/aromatic N) is 1. The summed E-state index contributed by atoms with van der Waals surface area (Å²) in [5.41, 5.74) is 1.09. The van der Waals surface area contributed by atoms with Gasteiger partial charge in [-0.25, -0.2) is 0 Å². The number of carbonyl (C=O) groups is 1. The molecule has 5 heteroatoms. The van der Waals surface area contributed by atoms with Crippen molar-refractivity contribution >= 4 is 17.2 Å². The fourth-order valence-electron chi connectivity index (χ4n) is 4.85. The van der Waals surface area contributed by atoms with Crippen molar-refractivity contribution in [2.24, 2.45) is 5.92 Å². The fraction of sp³-hybridized carbons (Fsp3) is 0.542. The van der Waals surface area contributed by atoms with Crippen molar-refractivity contribution in [2.45, 2.75) is 56.6 Å². The Morgan fingerprint density at radius 2 is 2.00 bits per heavy atom. The van der Waals surface area contributed by atoms with Gasteiger partial charge in [0.1, 0.15) is 11.4 Å². The van der Waals surface area contributed by atoms with Gasteiger partial charge in [-0.2, -0.15) is 0 Å². The van der Waals surface area contributed by atoms with Gasteiger partial charge in [-0.1, -0.05) is 24.3 Å². The lowest BCUT2D eigenvalue weighted by Crippen LogP contribution is -2.50. The van der Waals surface area contributed by atoms with Crippen LogP contribution >= 0.6 is 11.3 Å². The minimum atomic E-state index is -0.123. The van der Waals surface area contributed by atoms with Crippen LogP contribution in [0.15, 0.2) is 41.8 Å². The molecule has 2 aliphatic heterocycles. The molecule has 0 bridgehead atoms. The summed E-state index contributed by atoms with van der Waals surface area (Å²) in [6.45, 7) is 4.01. The first kappa shape index (κ1) is 19.1. The average Bonchev–Trinajstić information content (AvgIpc) is 3.43. The molecule has 3 heterocycles. The standard InChI is InChI=1S/C24H30N2O2S/c27-23(25-16-18-7-8-18)14-19-15-24(28-22-6-2-1-5-21(19)22)9-11-26(12-10-24)17-20-4-3-13-29-20/h1-6,13,18-19H,7-12,14-17H2,(H,25,27)/t19-/m0/s1. The largest absolute Gasteiger partial charge is 0.487 e. The molecule has 1 atom stereocenters. The maximum absolute atomic E-state index is 12.6. The number of ether oxygens (including phenoxy) is 1. The smallest absolute Gasteiger partial charge is 0.220 e. The number of rotatable bonds is 6. The van der Waals surface area contributed by atoms with Crippen LogP contribution in [0.2, 0.25) is 0 Å². The minimum absolute atomic E-state index is 0.123. The molecule has 1 aromatic heterocycles. The molecule has 3 aliphatic rings. The van der Waals surface area contributed by atoms with Gasteiger partial charge in [0, 0.05) is 43.4 Å². The number of piperidine rings is 1. The average molecular weight is 411 g/mol. The second-order valence-corrected chi connectivity index (χ2v) is 10.1. The molecule has 2 aromatic rings. The highest BCUT2D eigenvalue weighted by Crippen LogP contribution is 2.46. The van der Waals surface area contributed by atoms with Crippen molar-refractivity contribution in [1.82, 2.24) is 10.2 Å². The molecule has 1 aliphatic carbocycles. The fourth-order valence-corrected chi connectivity index (χ4v) is 5.60. The van der Waals surface area contributed by atoms with Crippen LogP contribution < -0.4 is 10.1 Å². The summed E-state index contributed by atoms with van der Waals surface area (Å²) in [6.07, 6.45) is 6.14. The number of hydrogen-bond acceptors (Lipinski definition) is 4. The highest BCUT2D eigenvalue weighted by molar-refractivity contribution is 7.09. The summed E-state index contributed by atoms with van der Waals surface area (Å²) >= 11 is 1.84. The number of likely N-dealkylation sites (tertiary alicyclic amines) is 1. The molecule has 1 aromatic carbocycles. The lowest BCUT2D eigenvalue weighted by Gasteiger charge is -2.47. The predicted octanol–water partition coefficient (Wildman–Crippen LogP) is 4.57. The molecule has 2 fully saturated rings. The third-order valence-corrected chi connectivity index (χ3v) is 7.61. The van der Waals surface area contributed by atoms with Crippen LogP contribution in [0, 0.1) is 5.92 Å². The van der Waals surface area contributed by atoms with Crippen LogP contribution in [0.25, 0.3) is 0 Å². The highest BCUT2D eigenvalue weighted by Gasteiger charge is 2.43. The van der Waals surface area contributed by atoms with E-state index in [1.807, 2.05) is 17.4 Å². The van der Waals surface area contributed by atoms with E-state index in [2.05, 4.69) is 45.9 Å². The maximum Gasteiger partial charge on any atom is 0.220 e. The number of thiophene rings is 1. The van der Waals surface area contributed by atoms with E-state index in [0.717, 1.165) is 57.1 Å². The van der Waals surface area contributed by atoms with Gasteiger partial charge < -0.3 is 10.1 Å². The molecule has 5 rings (SSSR count). The molecule has 1 N–H and O–H groups in total. The molecular formula is C24H30N2O2S. The molecule has 0 radical (unpaired) electrons. The van der Waals surface area contributed by atoms with Crippen molar-refractivity contribution < 1.29 is 9.53 Å². The van der Waals surface area contributed by atoms with E-state index in [4.69, 9.17) is 4.74 Å². The summed E-state index contributed by atoms with van der Waals surface area (Å²) in [6, 6.07) is 12.7. The first-order valence-electron chi connectivity index (χ1n) is 11.0. The van der Waals surface area contributed by atoms with Crippen molar-refractivity contribution in [2.75, 3.05) is 19.6 Å². The Labute approximate surface area is 177 Å². The summed E-state index contributed by atoms with van der Waals surface area (Å²) < 4.78 is 6.61. The van der Waals surface area contributed by atoms with E-state index in [-0.39, 0.29) is 17.4 Å². The number of nitrogens with one attached hydrogen (secondary N) is 1. The second-order valence-electron chi connectivity index (χ2n) is 9.03. The van der Waals surface area contributed by atoms with Crippen LogP contribution in [-0.4, -0.2) is 36.0 Å². The Balaban J connectivity index is 1.26. The normalized spacial score (nSPS) is 23.4. The van der Waals surface area contributed by atoms with E-state index in [1.54, 1.807) is 0 Å². The van der Waals surface area contributed by atoms with Gasteiger partial charge in [0.05, 0.1) is 0 Å². The lowest BCUT2D eigenvalue weighted by molar-refractivity contribution is -0.122. The molecule has 1 amide bonds. The zero-order chi connectivity index (χ0) is 19.7. The summed E-state index contributed by atoms with van der Waals surface area (Å²) in [4.78, 5) is 16.6. The van der Waals surface area contributed by atoms with Crippen LogP contribution in [0.5, 0.6) is 5.75 Å². The van der Waals surface area contributed by atoms with E-state index in [0.29, 0.717) is 6.42 Å². The SMILES string of the molecule is O=C(C[C@H]1CC2(CCN(Cc3cccs3)CC2)Oc2ccccc21)NCC1CC1. The molecule has 29 heavy (non-hydrogen) atoms. The molecule has 1 saturated heterocycles. The summed E-state index contributed by atoms with van der Waals surface area (Å²) in [5.74, 6) is 2.16. The van der Waals surface area contributed by atoms with Crippen LogP contribution in [0.1, 0.15) is 54.9 Å². The first-order chi connectivity index (χ1) is 14.2. The Bertz CT molecular complexity index is 838. The number of amides is 1. The van der Waals surface area contributed by atoms with E-state index in [1.165, 1.54) is 23.3 Å². The first-order valence-corrected chi connectivity index (χ1v) is 11.9. The van der Waals surface area contributed by atoms with Gasteiger partial charge in [0.15, 0.2) is 0 Å². The van der Waals surface area contributed by atoms with Gasteiger partial charge in [-0.15, -0.1) is 11.3 Å². The number of hydrogen-bond donors (Lipinski definition) is 1. The highest BCUT2D eigenvalue weighted by atomic mass is 32.1. The molecule has 4 nitrogen and oxygen atoms in total. The van der Waals surface area contributed by atoms with Crippen LogP contribution in [0.4, 0.5) is 0 Å². The number of benzene rings is 1. The topological polar surface area (TPSA) is 41.6 Å². The molecule has 1 saturated carbocycles. The summed E-state index contributed by atoms with van der Waals surface area (Å²) in [7, 11) is 0. The molecule has 1 spiro atoms. The Morgan fingerprint density at radius 1 is 1.17 bits per heavy atom. The van der Waals surface area contributed by atoms with Gasteiger partial charge in [0.25, 0.3) is 0 Å². The third kappa shape index (κ3) is 4.51. The number of para-hydroxylation sites is 1. The van der Waals surface area contributed by atoms with Gasteiger partial charge in [0.2, 0.25) is 5.91 Å². The Hall–Kier alpha value is -1.85. The van der Waals surface area contributed by atoms with E-state index in [9.17, 15) is 4.79 Å². The van der Waals surface area contributed by atoms with Crippen molar-refractivity contribution in [3.05, 3.63) is 52.2 Å². The zero-order valence-electron chi connectivity index (χ0n) is 16.9. The third-order valence-electron chi connectivity index (χ3n) is 6.75. The minimum Gasteiger partial charge on any atom is -0.487 e. The van der Waals surface area contributed by atoms with Crippen molar-refractivity contribution in [3.63, 3.8) is 0 Å². The Kier molecular flexibility index (Phi) is 5.35. The van der Waals surface area contributed by atoms with Crippen molar-refractivity contribution in [1.29, 1.82) is 0 Å². The number of carbonyl (C=O) groups excluding carboxylic acids is 1. The van der Waals surface area contributed by atoms with Crippen LogP contribution in [0.3, 0.4) is 0 Å². The molecule has 0 unspecified atom stereocenters. The number of fused-ring (bicyclic) bond motifs is 1. The Morgan fingerprint density at radius 3 is 2.76 bits per heavy atom. The van der Waals surface area contributed by atoms with Gasteiger partial charge >= 0.3 is 0 Å². The second kappa shape index (κ2) is 8.11. The predicted molar refractivity (Wildman–Crippen MR) is 116 cm³/mol. The quantitative estimate of drug-likeness (QED) is 0.759. The lowest BCUT2D eigenvalue weighted by atomic mass is 9.76. The molecular weight excluding hydrogens is 380 g/mol. The van der Waals surface area contributed by atoms with Crippen molar-refractivity contribution in [3.8, 4) is 5.75 Å². The monoisotopic (exact) mass is 410 g/mol. The van der Waals surface area contributed by atoms with E-state index >= 15 is 0 Å². The molecule has 154 valence electrons. The van der Waals surface area contributed by atoms with Gasteiger partial charge in [-0.05, 0) is 61.1 Å². The van der Waals surface area contributed by atoms with Gasteiger partial charge in [-0.3, -0.25) is 9.69 Å². The van der Waals surface area contributed by atoms with Crippen LogP contribution in [-0.2, 0) is 11.3 Å². The summed E-state index contributed by atoms with van der Waals surface area (Å²) in [5, 5.41) is 5.31. The van der Waals surface area contributed by atoms with E-state index < -0.39 is 0 Å². The maximum atomic E-state index is 12.6.